The quantitative estimate of drug-likeness (QED) is 0.862. The maximum atomic E-state index is 5.46. The molecule has 1 N–H and O–H groups in total. The van der Waals surface area contributed by atoms with Gasteiger partial charge in [0.2, 0.25) is 0 Å². The van der Waals surface area contributed by atoms with Crippen LogP contribution >= 0.6 is 0 Å². The molecule has 1 atom stereocenters. The van der Waals surface area contributed by atoms with Gasteiger partial charge in [-0.2, -0.15) is 0 Å². The second kappa shape index (κ2) is 6.65. The molecule has 0 saturated carbocycles. The highest BCUT2D eigenvalue weighted by molar-refractivity contribution is 5.27. The fraction of sp³-hybridized carbons (Fsp3) is 0.600. The molecule has 1 aliphatic heterocycles. The first-order valence-corrected chi connectivity index (χ1v) is 6.83. The summed E-state index contributed by atoms with van der Waals surface area (Å²) in [6.07, 6.45) is 6.54. The van der Waals surface area contributed by atoms with E-state index in [1.54, 1.807) is 0 Å². The van der Waals surface area contributed by atoms with E-state index in [0.717, 1.165) is 18.8 Å². The molecule has 17 heavy (non-hydrogen) atoms. The number of hydrogen-bond acceptors (Lipinski definition) is 2. The Balaban J connectivity index is 1.88. The maximum Gasteiger partial charge on any atom is 0.119 e. The topological polar surface area (TPSA) is 21.3 Å². The van der Waals surface area contributed by atoms with Gasteiger partial charge in [-0.3, -0.25) is 0 Å². The maximum absolute atomic E-state index is 5.46. The van der Waals surface area contributed by atoms with Crippen molar-refractivity contribution >= 4 is 0 Å². The van der Waals surface area contributed by atoms with Crippen molar-refractivity contribution < 1.29 is 4.74 Å². The molecule has 0 aromatic heterocycles. The first-order chi connectivity index (χ1) is 8.38. The van der Waals surface area contributed by atoms with E-state index in [-0.39, 0.29) is 0 Å². The summed E-state index contributed by atoms with van der Waals surface area (Å²) in [5.41, 5.74) is 1.41. The number of hydrogen-bond donors (Lipinski definition) is 1. The molecule has 0 spiro atoms. The number of ether oxygens (including phenoxy) is 1. The van der Waals surface area contributed by atoms with E-state index in [0.29, 0.717) is 6.04 Å². The zero-order valence-corrected chi connectivity index (χ0v) is 10.7. The van der Waals surface area contributed by atoms with Gasteiger partial charge in [-0.15, -0.1) is 0 Å². The number of nitrogens with one attached hydrogen (secondary N) is 1. The molecule has 2 nitrogen and oxygen atoms in total. The summed E-state index contributed by atoms with van der Waals surface area (Å²) in [5, 5.41) is 3.64. The predicted molar refractivity (Wildman–Crippen MR) is 71.6 cm³/mol. The van der Waals surface area contributed by atoms with Crippen molar-refractivity contribution in [2.24, 2.45) is 0 Å². The second-order valence-electron chi connectivity index (χ2n) is 4.78. The minimum atomic E-state index is 0.662. The van der Waals surface area contributed by atoms with Gasteiger partial charge in [0.1, 0.15) is 5.75 Å². The van der Waals surface area contributed by atoms with Gasteiger partial charge in [0.05, 0.1) is 6.61 Å². The lowest BCUT2D eigenvalue weighted by atomic mass is 10.0. The zero-order chi connectivity index (χ0) is 11.9. The monoisotopic (exact) mass is 233 g/mol. The van der Waals surface area contributed by atoms with Crippen LogP contribution in [0.4, 0.5) is 0 Å². The largest absolute Gasteiger partial charge is 0.494 e. The summed E-state index contributed by atoms with van der Waals surface area (Å²) in [7, 11) is 0. The zero-order valence-electron chi connectivity index (χ0n) is 10.7. The number of benzene rings is 1. The molecule has 1 fully saturated rings. The highest BCUT2D eigenvalue weighted by Crippen LogP contribution is 2.16. The van der Waals surface area contributed by atoms with Crippen molar-refractivity contribution in [2.45, 2.75) is 45.1 Å². The van der Waals surface area contributed by atoms with Crippen molar-refractivity contribution in [1.82, 2.24) is 5.32 Å². The van der Waals surface area contributed by atoms with E-state index in [4.69, 9.17) is 4.74 Å². The molecule has 1 aromatic rings. The molecule has 2 heteroatoms. The molecular formula is C15H23NO. The van der Waals surface area contributed by atoms with Crippen LogP contribution in [0.3, 0.4) is 0 Å². The fourth-order valence-electron chi connectivity index (χ4n) is 2.45. The third kappa shape index (κ3) is 4.04. The van der Waals surface area contributed by atoms with Gasteiger partial charge in [0.15, 0.2) is 0 Å². The standard InChI is InChI=1S/C15H23NO/c1-2-17-15-9-7-13(8-10-15)12-14-6-4-3-5-11-16-14/h7-10,14,16H,2-6,11-12H2,1H3. The van der Waals surface area contributed by atoms with E-state index in [1.165, 1.54) is 37.8 Å². The Kier molecular flexibility index (Phi) is 4.87. The summed E-state index contributed by atoms with van der Waals surface area (Å²) in [6, 6.07) is 9.20. The van der Waals surface area contributed by atoms with Crippen LogP contribution in [0.1, 0.15) is 38.2 Å². The van der Waals surface area contributed by atoms with Crippen LogP contribution in [-0.2, 0) is 6.42 Å². The van der Waals surface area contributed by atoms with Crippen LogP contribution in [0.2, 0.25) is 0 Å². The van der Waals surface area contributed by atoms with Gasteiger partial charge in [-0.05, 0) is 50.4 Å². The third-order valence-electron chi connectivity index (χ3n) is 3.38. The van der Waals surface area contributed by atoms with Crippen molar-refractivity contribution in [3.05, 3.63) is 29.8 Å². The number of rotatable bonds is 4. The Morgan fingerprint density at radius 1 is 1.18 bits per heavy atom. The average Bonchev–Trinajstić information content (AvgIpc) is 2.61. The normalized spacial score (nSPS) is 20.9. The molecule has 0 aliphatic carbocycles. The minimum absolute atomic E-state index is 0.662. The van der Waals surface area contributed by atoms with Crippen LogP contribution in [0.25, 0.3) is 0 Å². The smallest absolute Gasteiger partial charge is 0.119 e. The van der Waals surface area contributed by atoms with E-state index in [1.807, 2.05) is 6.92 Å². The fourth-order valence-corrected chi connectivity index (χ4v) is 2.45. The Morgan fingerprint density at radius 2 is 2.00 bits per heavy atom. The molecule has 0 radical (unpaired) electrons. The lowest BCUT2D eigenvalue weighted by Gasteiger charge is -2.15. The first kappa shape index (κ1) is 12.4. The summed E-state index contributed by atoms with van der Waals surface area (Å²) in [5.74, 6) is 0.977. The molecular weight excluding hydrogens is 210 g/mol. The lowest BCUT2D eigenvalue weighted by molar-refractivity contribution is 0.340. The van der Waals surface area contributed by atoms with Gasteiger partial charge < -0.3 is 10.1 Å². The van der Waals surface area contributed by atoms with Crippen LogP contribution < -0.4 is 10.1 Å². The van der Waals surface area contributed by atoms with E-state index >= 15 is 0 Å². The van der Waals surface area contributed by atoms with E-state index in [9.17, 15) is 0 Å². The summed E-state index contributed by atoms with van der Waals surface area (Å²) >= 11 is 0. The second-order valence-corrected chi connectivity index (χ2v) is 4.78. The molecule has 1 aromatic carbocycles. The molecule has 1 heterocycles. The van der Waals surface area contributed by atoms with Gasteiger partial charge in [0.25, 0.3) is 0 Å². The molecule has 1 unspecified atom stereocenters. The van der Waals surface area contributed by atoms with E-state index in [2.05, 4.69) is 29.6 Å². The molecule has 94 valence electrons. The first-order valence-electron chi connectivity index (χ1n) is 6.83. The van der Waals surface area contributed by atoms with Gasteiger partial charge in [-0.25, -0.2) is 0 Å². The van der Waals surface area contributed by atoms with Crippen molar-refractivity contribution in [3.8, 4) is 5.75 Å². The SMILES string of the molecule is CCOc1ccc(CC2CCCCCN2)cc1. The van der Waals surface area contributed by atoms with Gasteiger partial charge in [0, 0.05) is 6.04 Å². The minimum Gasteiger partial charge on any atom is -0.494 e. The summed E-state index contributed by atoms with van der Waals surface area (Å²) in [6.45, 7) is 3.94. The Hall–Kier alpha value is -1.02. The molecule has 1 saturated heterocycles. The van der Waals surface area contributed by atoms with Crippen LogP contribution in [0.5, 0.6) is 5.75 Å². The lowest BCUT2D eigenvalue weighted by Crippen LogP contribution is -2.30. The Bertz CT molecular complexity index is 312. The molecule has 1 aliphatic rings. The van der Waals surface area contributed by atoms with Crippen molar-refractivity contribution in [1.29, 1.82) is 0 Å². The van der Waals surface area contributed by atoms with Crippen LogP contribution in [0.15, 0.2) is 24.3 Å². The third-order valence-corrected chi connectivity index (χ3v) is 3.38. The van der Waals surface area contributed by atoms with Crippen LogP contribution in [0, 0.1) is 0 Å². The highest BCUT2D eigenvalue weighted by Gasteiger charge is 2.11. The Morgan fingerprint density at radius 3 is 2.76 bits per heavy atom. The predicted octanol–water partition coefficient (Wildman–Crippen LogP) is 3.16. The Labute approximate surface area is 104 Å². The summed E-state index contributed by atoms with van der Waals surface area (Å²) in [4.78, 5) is 0. The highest BCUT2D eigenvalue weighted by atomic mass is 16.5. The average molecular weight is 233 g/mol. The molecule has 0 amide bonds. The van der Waals surface area contributed by atoms with Crippen molar-refractivity contribution in [2.75, 3.05) is 13.2 Å². The molecule has 2 rings (SSSR count). The van der Waals surface area contributed by atoms with Crippen LogP contribution in [-0.4, -0.2) is 19.2 Å². The van der Waals surface area contributed by atoms with Crippen molar-refractivity contribution in [3.63, 3.8) is 0 Å². The van der Waals surface area contributed by atoms with E-state index < -0.39 is 0 Å². The molecule has 0 bridgehead atoms. The van der Waals surface area contributed by atoms with Gasteiger partial charge >= 0.3 is 0 Å². The summed E-state index contributed by atoms with van der Waals surface area (Å²) < 4.78 is 5.46. The van der Waals surface area contributed by atoms with Gasteiger partial charge in [-0.1, -0.05) is 25.0 Å².